The Labute approximate surface area is 156 Å². The minimum absolute atomic E-state index is 0.179. The van der Waals surface area contributed by atoms with E-state index in [4.69, 9.17) is 14.2 Å². The average Bonchev–Trinajstić information content (AvgIpc) is 2.64. The van der Waals surface area contributed by atoms with Gasteiger partial charge in [0.05, 0.1) is 0 Å². The minimum Gasteiger partial charge on any atom is -0.463 e. The van der Waals surface area contributed by atoms with Crippen LogP contribution < -0.4 is 0 Å². The van der Waals surface area contributed by atoms with E-state index in [1.54, 1.807) is 0 Å². The van der Waals surface area contributed by atoms with E-state index >= 15 is 0 Å². The molecule has 0 aliphatic carbocycles. The van der Waals surface area contributed by atoms with Crippen molar-refractivity contribution in [3.8, 4) is 0 Å². The van der Waals surface area contributed by atoms with Crippen molar-refractivity contribution in [2.24, 2.45) is 0 Å². The van der Waals surface area contributed by atoms with Gasteiger partial charge in [-0.25, -0.2) is 0 Å². The van der Waals surface area contributed by atoms with Gasteiger partial charge in [0.15, 0.2) is 6.29 Å². The zero-order valence-corrected chi connectivity index (χ0v) is 16.1. The third-order valence-electron chi connectivity index (χ3n) is 4.79. The molecule has 5 atom stereocenters. The van der Waals surface area contributed by atoms with Crippen molar-refractivity contribution in [3.05, 3.63) is 0 Å². The molecule has 1 aliphatic rings. The number of aliphatic hydroxyl groups excluding tert-OH is 3. The molecule has 1 heterocycles. The van der Waals surface area contributed by atoms with Crippen molar-refractivity contribution in [3.63, 3.8) is 0 Å². The Morgan fingerprint density at radius 1 is 0.885 bits per heavy atom. The van der Waals surface area contributed by atoms with E-state index in [9.17, 15) is 20.1 Å². The minimum atomic E-state index is -1.41. The summed E-state index contributed by atoms with van der Waals surface area (Å²) in [5.74, 6) is -0.349. The van der Waals surface area contributed by atoms with Gasteiger partial charge < -0.3 is 29.5 Å². The Balaban J connectivity index is 2.10. The van der Waals surface area contributed by atoms with Crippen LogP contribution in [-0.4, -0.2) is 65.7 Å². The van der Waals surface area contributed by atoms with Gasteiger partial charge in [-0.1, -0.05) is 58.3 Å². The molecule has 3 N–H and O–H groups in total. The van der Waals surface area contributed by atoms with E-state index in [0.717, 1.165) is 19.3 Å². The lowest BCUT2D eigenvalue weighted by Gasteiger charge is -2.39. The van der Waals surface area contributed by atoms with Gasteiger partial charge in [0.2, 0.25) is 0 Å². The molecule has 1 aliphatic heterocycles. The van der Waals surface area contributed by atoms with Gasteiger partial charge in [0.25, 0.3) is 0 Å². The van der Waals surface area contributed by atoms with Gasteiger partial charge in [0.1, 0.15) is 31.0 Å². The number of aliphatic hydroxyl groups is 3. The predicted molar refractivity (Wildman–Crippen MR) is 96.5 cm³/mol. The molecular formula is C19H36O7. The summed E-state index contributed by atoms with van der Waals surface area (Å²) < 4.78 is 15.4. The first-order chi connectivity index (χ1) is 12.5. The number of unbranched alkanes of at least 4 members (excludes halogenated alkanes) is 8. The second-order valence-electron chi connectivity index (χ2n) is 7.01. The quantitative estimate of drug-likeness (QED) is 0.333. The summed E-state index contributed by atoms with van der Waals surface area (Å²) in [6.45, 7) is 2.03. The van der Waals surface area contributed by atoms with Gasteiger partial charge in [-0.3, -0.25) is 4.79 Å². The number of esters is 1. The highest BCUT2D eigenvalue weighted by molar-refractivity contribution is 5.69. The number of carbonyl (C=O) groups excluding carboxylic acids is 1. The first-order valence-electron chi connectivity index (χ1n) is 9.89. The highest BCUT2D eigenvalue weighted by Gasteiger charge is 2.44. The second-order valence-corrected chi connectivity index (χ2v) is 7.01. The van der Waals surface area contributed by atoms with Crippen LogP contribution in [0.2, 0.25) is 0 Å². The van der Waals surface area contributed by atoms with E-state index in [2.05, 4.69) is 6.92 Å². The topological polar surface area (TPSA) is 105 Å². The molecule has 7 nitrogen and oxygen atoms in total. The number of methoxy groups -OCH3 is 1. The summed E-state index contributed by atoms with van der Waals surface area (Å²) in [6, 6.07) is 0. The predicted octanol–water partition coefficient (Wildman–Crippen LogP) is 1.90. The number of ether oxygens (including phenoxy) is 3. The van der Waals surface area contributed by atoms with E-state index in [0.29, 0.717) is 6.42 Å². The monoisotopic (exact) mass is 376 g/mol. The maximum atomic E-state index is 11.8. The van der Waals surface area contributed by atoms with Crippen molar-refractivity contribution < 1.29 is 34.3 Å². The summed E-state index contributed by atoms with van der Waals surface area (Å²) in [6.07, 6.45) is 4.82. The summed E-state index contributed by atoms with van der Waals surface area (Å²) >= 11 is 0. The van der Waals surface area contributed by atoms with Crippen molar-refractivity contribution in [1.29, 1.82) is 0 Å². The molecule has 0 radical (unpaired) electrons. The van der Waals surface area contributed by atoms with Crippen LogP contribution in [0.25, 0.3) is 0 Å². The molecular weight excluding hydrogens is 340 g/mol. The Bertz CT molecular complexity index is 375. The molecule has 0 saturated carbocycles. The van der Waals surface area contributed by atoms with Crippen LogP contribution in [0, 0.1) is 0 Å². The molecule has 154 valence electrons. The first kappa shape index (κ1) is 23.3. The van der Waals surface area contributed by atoms with Crippen molar-refractivity contribution in [2.75, 3.05) is 13.7 Å². The van der Waals surface area contributed by atoms with Crippen LogP contribution in [0.5, 0.6) is 0 Å². The molecule has 0 amide bonds. The van der Waals surface area contributed by atoms with Gasteiger partial charge in [-0.15, -0.1) is 0 Å². The fourth-order valence-electron chi connectivity index (χ4n) is 3.08. The van der Waals surface area contributed by atoms with Gasteiger partial charge in [0, 0.05) is 13.5 Å². The molecule has 1 fully saturated rings. The Morgan fingerprint density at radius 2 is 1.46 bits per heavy atom. The highest BCUT2D eigenvalue weighted by atomic mass is 16.7. The number of rotatable bonds is 13. The van der Waals surface area contributed by atoms with Crippen LogP contribution in [0.4, 0.5) is 0 Å². The zero-order chi connectivity index (χ0) is 19.4. The third kappa shape index (κ3) is 8.31. The molecule has 26 heavy (non-hydrogen) atoms. The normalized spacial score (nSPS) is 28.9. The number of hydrogen-bond donors (Lipinski definition) is 3. The Morgan fingerprint density at radius 3 is 2.04 bits per heavy atom. The van der Waals surface area contributed by atoms with E-state index < -0.39 is 30.7 Å². The lowest BCUT2D eigenvalue weighted by atomic mass is 9.99. The van der Waals surface area contributed by atoms with E-state index in [1.807, 2.05) is 0 Å². The van der Waals surface area contributed by atoms with Crippen molar-refractivity contribution >= 4 is 5.97 Å². The highest BCUT2D eigenvalue weighted by Crippen LogP contribution is 2.22. The lowest BCUT2D eigenvalue weighted by Crippen LogP contribution is -2.59. The molecule has 0 aromatic heterocycles. The second kappa shape index (κ2) is 13.4. The zero-order valence-electron chi connectivity index (χ0n) is 16.1. The van der Waals surface area contributed by atoms with E-state index in [1.165, 1.54) is 45.6 Å². The number of carbonyl (C=O) groups is 1. The average molecular weight is 376 g/mol. The maximum Gasteiger partial charge on any atom is 0.305 e. The number of hydrogen-bond acceptors (Lipinski definition) is 7. The van der Waals surface area contributed by atoms with Gasteiger partial charge in [-0.05, 0) is 6.42 Å². The maximum absolute atomic E-state index is 11.8. The summed E-state index contributed by atoms with van der Waals surface area (Å²) in [7, 11) is 1.32. The Kier molecular flexibility index (Phi) is 12.0. The molecule has 0 spiro atoms. The summed E-state index contributed by atoms with van der Waals surface area (Å²) in [5, 5.41) is 29.4. The fourth-order valence-corrected chi connectivity index (χ4v) is 3.08. The SMILES string of the molecule is CCCCCCCCCCCC(=O)OC[C@H]1O[C@@H](OC)[C@H](O)[C@@H](O)[C@H]1O. The molecule has 0 aromatic carbocycles. The van der Waals surface area contributed by atoms with Crippen molar-refractivity contribution in [2.45, 2.75) is 102 Å². The van der Waals surface area contributed by atoms with Crippen molar-refractivity contribution in [1.82, 2.24) is 0 Å². The van der Waals surface area contributed by atoms with Gasteiger partial charge >= 0.3 is 5.97 Å². The largest absolute Gasteiger partial charge is 0.463 e. The first-order valence-corrected chi connectivity index (χ1v) is 9.89. The molecule has 1 rings (SSSR count). The van der Waals surface area contributed by atoms with Crippen LogP contribution in [0.15, 0.2) is 0 Å². The standard InChI is InChI=1S/C19H36O7/c1-3-4-5-6-7-8-9-10-11-12-15(20)25-13-14-16(21)17(22)18(23)19(24-2)26-14/h14,16-19,21-23H,3-13H2,1-2H3/t14-,16+,17+,18-,19-/m1/s1. The molecule has 0 unspecified atom stereocenters. The molecule has 7 heteroatoms. The molecule has 0 bridgehead atoms. The third-order valence-corrected chi connectivity index (χ3v) is 4.79. The summed E-state index contributed by atoms with van der Waals surface area (Å²) in [4.78, 5) is 11.8. The smallest absolute Gasteiger partial charge is 0.305 e. The Hall–Kier alpha value is -0.730. The van der Waals surface area contributed by atoms with E-state index in [-0.39, 0.29) is 12.6 Å². The van der Waals surface area contributed by atoms with Gasteiger partial charge in [-0.2, -0.15) is 0 Å². The van der Waals surface area contributed by atoms with Crippen LogP contribution in [0.1, 0.15) is 71.1 Å². The fraction of sp³-hybridized carbons (Fsp3) is 0.947. The van der Waals surface area contributed by atoms with Crippen LogP contribution >= 0.6 is 0 Å². The molecule has 1 saturated heterocycles. The van der Waals surface area contributed by atoms with Crippen LogP contribution in [-0.2, 0) is 19.0 Å². The lowest BCUT2D eigenvalue weighted by molar-refractivity contribution is -0.295. The summed E-state index contributed by atoms with van der Waals surface area (Å²) in [5.41, 5.74) is 0. The molecule has 0 aromatic rings. The van der Waals surface area contributed by atoms with Crippen LogP contribution in [0.3, 0.4) is 0 Å².